The van der Waals surface area contributed by atoms with E-state index in [-0.39, 0.29) is 0 Å². The Hall–Kier alpha value is -1.58. The summed E-state index contributed by atoms with van der Waals surface area (Å²) in [5.41, 5.74) is 1.27. The lowest BCUT2D eigenvalue weighted by Gasteiger charge is -2.18. The van der Waals surface area contributed by atoms with Gasteiger partial charge in [-0.3, -0.25) is 0 Å². The van der Waals surface area contributed by atoms with Crippen LogP contribution in [0.5, 0.6) is 5.75 Å². The topological polar surface area (TPSA) is 24.5 Å². The number of nitrogens with one attached hydrogen (secondary N) is 1. The lowest BCUT2D eigenvalue weighted by Crippen LogP contribution is -2.27. The summed E-state index contributed by atoms with van der Waals surface area (Å²) in [4.78, 5) is 2.46. The van der Waals surface area contributed by atoms with Crippen LogP contribution in [0.3, 0.4) is 0 Å². The minimum atomic E-state index is 0.702. The van der Waals surface area contributed by atoms with E-state index in [9.17, 15) is 0 Å². The molecule has 0 bridgehead atoms. The van der Waals surface area contributed by atoms with Crippen molar-refractivity contribution in [2.24, 2.45) is 0 Å². The summed E-state index contributed by atoms with van der Waals surface area (Å²) in [6.07, 6.45) is 1.18. The van der Waals surface area contributed by atoms with E-state index < -0.39 is 0 Å². The fraction of sp³-hybridized carbons (Fsp3) is 0.500. The quantitative estimate of drug-likeness (QED) is 0.669. The SMILES string of the molecule is CCOc1ccc2ccccc2c1CNCCCN(CC)CC. The molecule has 3 heteroatoms. The van der Waals surface area contributed by atoms with Gasteiger partial charge in [0.2, 0.25) is 0 Å². The molecule has 2 aromatic rings. The van der Waals surface area contributed by atoms with Gasteiger partial charge in [-0.15, -0.1) is 0 Å². The average molecular weight is 314 g/mol. The summed E-state index contributed by atoms with van der Waals surface area (Å²) in [5.74, 6) is 1.00. The molecular weight excluding hydrogens is 284 g/mol. The van der Waals surface area contributed by atoms with Crippen LogP contribution in [-0.2, 0) is 6.54 Å². The monoisotopic (exact) mass is 314 g/mol. The van der Waals surface area contributed by atoms with Crippen molar-refractivity contribution in [3.63, 3.8) is 0 Å². The smallest absolute Gasteiger partial charge is 0.124 e. The van der Waals surface area contributed by atoms with Crippen LogP contribution < -0.4 is 10.1 Å². The maximum atomic E-state index is 5.83. The van der Waals surface area contributed by atoms with E-state index >= 15 is 0 Å². The van der Waals surface area contributed by atoms with Gasteiger partial charge in [-0.2, -0.15) is 0 Å². The number of fused-ring (bicyclic) bond motifs is 1. The summed E-state index contributed by atoms with van der Waals surface area (Å²) >= 11 is 0. The molecule has 23 heavy (non-hydrogen) atoms. The zero-order valence-corrected chi connectivity index (χ0v) is 14.8. The van der Waals surface area contributed by atoms with Gasteiger partial charge in [0.05, 0.1) is 6.61 Å². The minimum absolute atomic E-state index is 0.702. The first-order valence-electron chi connectivity index (χ1n) is 8.86. The Morgan fingerprint density at radius 1 is 1.00 bits per heavy atom. The molecule has 0 spiro atoms. The van der Waals surface area contributed by atoms with E-state index in [1.165, 1.54) is 22.8 Å². The molecule has 0 saturated heterocycles. The summed E-state index contributed by atoms with van der Waals surface area (Å²) in [7, 11) is 0. The number of hydrogen-bond donors (Lipinski definition) is 1. The van der Waals surface area contributed by atoms with Gasteiger partial charge in [0.1, 0.15) is 5.75 Å². The van der Waals surface area contributed by atoms with Crippen molar-refractivity contribution in [2.75, 3.05) is 32.8 Å². The summed E-state index contributed by atoms with van der Waals surface area (Å²) in [6, 6.07) is 12.8. The molecule has 0 saturated carbocycles. The number of nitrogens with zero attached hydrogens (tertiary/aromatic N) is 1. The summed E-state index contributed by atoms with van der Waals surface area (Å²) in [6.45, 7) is 12.5. The van der Waals surface area contributed by atoms with Gasteiger partial charge in [0.25, 0.3) is 0 Å². The van der Waals surface area contributed by atoms with E-state index in [2.05, 4.69) is 60.5 Å². The Kier molecular flexibility index (Phi) is 7.37. The second-order valence-electron chi connectivity index (χ2n) is 5.75. The highest BCUT2D eigenvalue weighted by Gasteiger charge is 2.08. The number of hydrogen-bond acceptors (Lipinski definition) is 3. The van der Waals surface area contributed by atoms with E-state index in [1.54, 1.807) is 0 Å². The van der Waals surface area contributed by atoms with Crippen molar-refractivity contribution in [3.8, 4) is 5.75 Å². The Morgan fingerprint density at radius 3 is 2.52 bits per heavy atom. The van der Waals surface area contributed by atoms with E-state index in [0.29, 0.717) is 6.61 Å². The highest BCUT2D eigenvalue weighted by Crippen LogP contribution is 2.28. The van der Waals surface area contributed by atoms with Gasteiger partial charge in [-0.05, 0) is 56.4 Å². The molecule has 0 atom stereocenters. The van der Waals surface area contributed by atoms with Crippen LogP contribution in [0, 0.1) is 0 Å². The van der Waals surface area contributed by atoms with Gasteiger partial charge in [-0.1, -0.05) is 44.2 Å². The van der Waals surface area contributed by atoms with E-state index in [0.717, 1.165) is 38.5 Å². The molecule has 0 radical (unpaired) electrons. The molecule has 1 N–H and O–H groups in total. The van der Waals surface area contributed by atoms with Gasteiger partial charge < -0.3 is 15.0 Å². The Labute approximate surface area is 140 Å². The predicted molar refractivity (Wildman–Crippen MR) is 99.2 cm³/mol. The molecule has 0 aromatic heterocycles. The predicted octanol–water partition coefficient (Wildman–Crippen LogP) is 4.06. The molecule has 0 aliphatic rings. The molecule has 0 unspecified atom stereocenters. The van der Waals surface area contributed by atoms with Gasteiger partial charge in [-0.25, -0.2) is 0 Å². The molecule has 2 aromatic carbocycles. The van der Waals surface area contributed by atoms with Crippen molar-refractivity contribution in [1.29, 1.82) is 0 Å². The summed E-state index contributed by atoms with van der Waals surface area (Å²) < 4.78 is 5.83. The number of ether oxygens (including phenoxy) is 1. The van der Waals surface area contributed by atoms with Gasteiger partial charge >= 0.3 is 0 Å². The van der Waals surface area contributed by atoms with Gasteiger partial charge in [0, 0.05) is 12.1 Å². The molecule has 2 rings (SSSR count). The highest BCUT2D eigenvalue weighted by atomic mass is 16.5. The minimum Gasteiger partial charge on any atom is -0.494 e. The average Bonchev–Trinajstić information content (AvgIpc) is 2.59. The van der Waals surface area contributed by atoms with E-state index in [4.69, 9.17) is 4.74 Å². The zero-order chi connectivity index (χ0) is 16.5. The number of benzene rings is 2. The molecule has 0 fully saturated rings. The molecule has 0 aliphatic carbocycles. The normalized spacial score (nSPS) is 11.3. The number of rotatable bonds is 10. The standard InChI is InChI=1S/C20H30N2O/c1-4-22(5-2)15-9-14-21-16-19-18-11-8-7-10-17(18)12-13-20(19)23-6-3/h7-8,10-13,21H,4-6,9,14-16H2,1-3H3. The van der Waals surface area contributed by atoms with Gasteiger partial charge in [0.15, 0.2) is 0 Å². The third kappa shape index (κ3) is 4.95. The molecule has 0 aliphatic heterocycles. The Morgan fingerprint density at radius 2 is 1.78 bits per heavy atom. The van der Waals surface area contributed by atoms with Crippen molar-refractivity contribution in [2.45, 2.75) is 33.7 Å². The van der Waals surface area contributed by atoms with Crippen LogP contribution >= 0.6 is 0 Å². The first kappa shape index (κ1) is 17.8. The first-order valence-corrected chi connectivity index (χ1v) is 8.86. The maximum Gasteiger partial charge on any atom is 0.124 e. The Bertz CT molecular complexity index is 593. The first-order chi connectivity index (χ1) is 11.3. The highest BCUT2D eigenvalue weighted by molar-refractivity contribution is 5.87. The maximum absolute atomic E-state index is 5.83. The summed E-state index contributed by atoms with van der Waals surface area (Å²) in [5, 5.41) is 6.15. The second-order valence-corrected chi connectivity index (χ2v) is 5.75. The lowest BCUT2D eigenvalue weighted by molar-refractivity contribution is 0.297. The zero-order valence-electron chi connectivity index (χ0n) is 14.8. The third-order valence-corrected chi connectivity index (χ3v) is 4.32. The third-order valence-electron chi connectivity index (χ3n) is 4.32. The van der Waals surface area contributed by atoms with Crippen LogP contribution in [0.1, 0.15) is 32.8 Å². The fourth-order valence-corrected chi connectivity index (χ4v) is 2.97. The van der Waals surface area contributed by atoms with Crippen molar-refractivity contribution < 1.29 is 4.74 Å². The van der Waals surface area contributed by atoms with Crippen molar-refractivity contribution >= 4 is 10.8 Å². The second kappa shape index (κ2) is 9.53. The molecule has 0 heterocycles. The fourth-order valence-electron chi connectivity index (χ4n) is 2.97. The molecular formula is C20H30N2O. The molecule has 126 valence electrons. The van der Waals surface area contributed by atoms with Crippen LogP contribution in [0.15, 0.2) is 36.4 Å². The molecule has 3 nitrogen and oxygen atoms in total. The van der Waals surface area contributed by atoms with Crippen molar-refractivity contribution in [3.05, 3.63) is 42.0 Å². The largest absolute Gasteiger partial charge is 0.494 e. The molecule has 0 amide bonds. The van der Waals surface area contributed by atoms with Crippen LogP contribution in [-0.4, -0.2) is 37.7 Å². The van der Waals surface area contributed by atoms with E-state index in [1.807, 2.05) is 6.92 Å². The van der Waals surface area contributed by atoms with Crippen molar-refractivity contribution in [1.82, 2.24) is 10.2 Å². The Balaban J connectivity index is 1.99. The lowest BCUT2D eigenvalue weighted by atomic mass is 10.0. The van der Waals surface area contributed by atoms with Crippen LogP contribution in [0.25, 0.3) is 10.8 Å². The van der Waals surface area contributed by atoms with Crippen LogP contribution in [0.2, 0.25) is 0 Å². The van der Waals surface area contributed by atoms with Crippen LogP contribution in [0.4, 0.5) is 0 Å².